The van der Waals surface area contributed by atoms with Crippen LogP contribution in [0.5, 0.6) is 0 Å². The number of carbonyl (C=O) groups is 1. The Morgan fingerprint density at radius 2 is 1.75 bits per heavy atom. The number of para-hydroxylation sites is 1. The van der Waals surface area contributed by atoms with Crippen LogP contribution in [0.2, 0.25) is 0 Å². The lowest BCUT2D eigenvalue weighted by atomic mass is 9.78. The summed E-state index contributed by atoms with van der Waals surface area (Å²) in [4.78, 5) is 21.3. The number of benzene rings is 2. The molecule has 1 unspecified atom stereocenters. The third kappa shape index (κ3) is 3.20. The Morgan fingerprint density at radius 1 is 1.03 bits per heavy atom. The molecule has 4 rings (SSSR count). The second-order valence-corrected chi connectivity index (χ2v) is 8.76. The number of fused-ring (bicyclic) bond motifs is 3. The van der Waals surface area contributed by atoms with Crippen LogP contribution in [-0.4, -0.2) is 43.3 Å². The molecule has 0 bridgehead atoms. The standard InChI is InChI=1S/C24H23F3N2O3/c1-22(2,3)14-9-10-15-16-7-5-6-8-18(16)29-19(17(15)13-14)23(21(30)31-4,24(25,26)27)20-28-11-12-32-20/h5-10,13H,11-12H2,1-4H3. The van der Waals surface area contributed by atoms with Gasteiger partial charge in [0.25, 0.3) is 5.41 Å². The van der Waals surface area contributed by atoms with E-state index >= 15 is 0 Å². The molecule has 8 heteroatoms. The number of methoxy groups -OCH3 is 1. The lowest BCUT2D eigenvalue weighted by Crippen LogP contribution is -2.56. The van der Waals surface area contributed by atoms with Crippen molar-refractivity contribution in [3.8, 4) is 0 Å². The minimum Gasteiger partial charge on any atom is -0.478 e. The van der Waals surface area contributed by atoms with Gasteiger partial charge in [0.2, 0.25) is 5.90 Å². The van der Waals surface area contributed by atoms with Crippen LogP contribution in [-0.2, 0) is 25.1 Å². The van der Waals surface area contributed by atoms with Gasteiger partial charge in [-0.25, -0.2) is 0 Å². The summed E-state index contributed by atoms with van der Waals surface area (Å²) in [7, 11) is 0.919. The fourth-order valence-electron chi connectivity index (χ4n) is 4.08. The maximum atomic E-state index is 14.9. The topological polar surface area (TPSA) is 60.8 Å². The smallest absolute Gasteiger partial charge is 0.419 e. The van der Waals surface area contributed by atoms with Crippen molar-refractivity contribution in [2.24, 2.45) is 4.99 Å². The summed E-state index contributed by atoms with van der Waals surface area (Å²) >= 11 is 0. The molecule has 1 atom stereocenters. The number of ether oxygens (including phenoxy) is 2. The molecule has 32 heavy (non-hydrogen) atoms. The summed E-state index contributed by atoms with van der Waals surface area (Å²) < 4.78 is 54.7. The number of pyridine rings is 1. The first-order chi connectivity index (χ1) is 15.0. The molecule has 0 radical (unpaired) electrons. The number of rotatable bonds is 3. The molecule has 0 saturated heterocycles. The molecule has 1 aliphatic heterocycles. The van der Waals surface area contributed by atoms with Crippen LogP contribution in [0, 0.1) is 0 Å². The van der Waals surface area contributed by atoms with Gasteiger partial charge in [-0.05, 0) is 28.5 Å². The third-order valence-electron chi connectivity index (χ3n) is 5.75. The molecule has 0 N–H and O–H groups in total. The average Bonchev–Trinajstić information content (AvgIpc) is 3.27. The van der Waals surface area contributed by atoms with Crippen molar-refractivity contribution in [3.63, 3.8) is 0 Å². The molecule has 5 nitrogen and oxygen atoms in total. The number of nitrogens with zero attached hydrogens (tertiary/aromatic N) is 2. The van der Waals surface area contributed by atoms with Crippen LogP contribution in [0.15, 0.2) is 47.5 Å². The SMILES string of the molecule is COC(=O)C(C1=NCCO1)(c1nc2ccccc2c2ccc(C(C)(C)C)cc12)C(F)(F)F. The number of aromatic nitrogens is 1. The van der Waals surface area contributed by atoms with Crippen molar-refractivity contribution < 1.29 is 27.4 Å². The first kappa shape index (κ1) is 22.0. The van der Waals surface area contributed by atoms with Gasteiger partial charge in [-0.1, -0.05) is 51.1 Å². The van der Waals surface area contributed by atoms with Crippen molar-refractivity contribution in [3.05, 3.63) is 53.7 Å². The van der Waals surface area contributed by atoms with Gasteiger partial charge in [-0.15, -0.1) is 0 Å². The van der Waals surface area contributed by atoms with Gasteiger partial charge >= 0.3 is 12.1 Å². The molecule has 0 fully saturated rings. The zero-order valence-corrected chi connectivity index (χ0v) is 18.2. The number of hydrogen-bond donors (Lipinski definition) is 0. The van der Waals surface area contributed by atoms with Crippen molar-refractivity contribution in [1.82, 2.24) is 4.98 Å². The summed E-state index contributed by atoms with van der Waals surface area (Å²) in [6.45, 7) is 5.85. The average molecular weight is 444 g/mol. The van der Waals surface area contributed by atoms with Crippen molar-refractivity contribution in [1.29, 1.82) is 0 Å². The summed E-state index contributed by atoms with van der Waals surface area (Å²) in [5.41, 5.74) is -2.98. The lowest BCUT2D eigenvalue weighted by molar-refractivity contribution is -0.195. The van der Waals surface area contributed by atoms with Gasteiger partial charge in [0.05, 0.1) is 24.9 Å². The molecule has 168 valence electrons. The maximum Gasteiger partial charge on any atom is 0.419 e. The van der Waals surface area contributed by atoms with Gasteiger partial charge in [0.1, 0.15) is 6.61 Å². The van der Waals surface area contributed by atoms with E-state index in [0.29, 0.717) is 16.3 Å². The highest BCUT2D eigenvalue weighted by molar-refractivity contribution is 6.16. The van der Waals surface area contributed by atoms with E-state index < -0.39 is 29.2 Å². The lowest BCUT2D eigenvalue weighted by Gasteiger charge is -2.33. The van der Waals surface area contributed by atoms with Crippen LogP contribution < -0.4 is 0 Å². The molecule has 1 aliphatic rings. The van der Waals surface area contributed by atoms with E-state index in [-0.39, 0.29) is 24.0 Å². The summed E-state index contributed by atoms with van der Waals surface area (Å²) in [6, 6.07) is 12.2. The van der Waals surface area contributed by atoms with E-state index in [2.05, 4.69) is 9.98 Å². The first-order valence-electron chi connectivity index (χ1n) is 10.2. The second kappa shape index (κ2) is 7.46. The predicted molar refractivity (Wildman–Crippen MR) is 116 cm³/mol. The molecule has 0 aliphatic carbocycles. The molecule has 3 aromatic rings. The largest absolute Gasteiger partial charge is 0.478 e. The zero-order valence-electron chi connectivity index (χ0n) is 18.2. The van der Waals surface area contributed by atoms with Crippen LogP contribution >= 0.6 is 0 Å². The minimum atomic E-state index is -5.11. The van der Waals surface area contributed by atoms with Gasteiger partial charge in [0.15, 0.2) is 0 Å². The Labute approximate surface area is 183 Å². The highest BCUT2D eigenvalue weighted by atomic mass is 19.4. The zero-order chi connectivity index (χ0) is 23.3. The fourth-order valence-corrected chi connectivity index (χ4v) is 4.08. The number of esters is 1. The second-order valence-electron chi connectivity index (χ2n) is 8.76. The molecule has 0 amide bonds. The van der Waals surface area contributed by atoms with E-state index in [0.717, 1.165) is 12.7 Å². The van der Waals surface area contributed by atoms with E-state index in [4.69, 9.17) is 9.47 Å². The number of alkyl halides is 3. The monoisotopic (exact) mass is 444 g/mol. The Balaban J connectivity index is 2.24. The fraction of sp³-hybridized carbons (Fsp3) is 0.375. The van der Waals surface area contributed by atoms with Crippen molar-refractivity contribution in [2.75, 3.05) is 20.3 Å². The Bertz CT molecular complexity index is 1240. The molecule has 0 spiro atoms. The normalized spacial score (nSPS) is 16.5. The van der Waals surface area contributed by atoms with Crippen molar-refractivity contribution in [2.45, 2.75) is 37.8 Å². The highest BCUT2D eigenvalue weighted by Crippen LogP contribution is 2.47. The Morgan fingerprint density at radius 3 is 2.34 bits per heavy atom. The quantitative estimate of drug-likeness (QED) is 0.417. The van der Waals surface area contributed by atoms with Gasteiger partial charge in [-0.2, -0.15) is 13.2 Å². The van der Waals surface area contributed by atoms with Gasteiger partial charge < -0.3 is 9.47 Å². The molecule has 0 saturated carbocycles. The van der Waals surface area contributed by atoms with Crippen LogP contribution in [0.3, 0.4) is 0 Å². The number of halogens is 3. The number of carbonyl (C=O) groups excluding carboxylic acids is 1. The number of hydrogen-bond acceptors (Lipinski definition) is 5. The molecule has 2 heterocycles. The Kier molecular flexibility index (Phi) is 5.14. The van der Waals surface area contributed by atoms with E-state index in [1.54, 1.807) is 36.4 Å². The minimum absolute atomic E-state index is 0.0168. The Hall–Kier alpha value is -3.16. The van der Waals surface area contributed by atoms with Gasteiger partial charge in [0, 0.05) is 10.8 Å². The summed E-state index contributed by atoms with van der Waals surface area (Å²) in [6.07, 6.45) is -5.11. The summed E-state index contributed by atoms with van der Waals surface area (Å²) in [5.74, 6) is -2.27. The summed E-state index contributed by atoms with van der Waals surface area (Å²) in [5, 5.41) is 1.44. The van der Waals surface area contributed by atoms with Crippen LogP contribution in [0.25, 0.3) is 21.7 Å². The van der Waals surface area contributed by atoms with Crippen LogP contribution in [0.1, 0.15) is 32.0 Å². The van der Waals surface area contributed by atoms with E-state index in [1.807, 2.05) is 26.8 Å². The van der Waals surface area contributed by atoms with E-state index in [1.165, 1.54) is 0 Å². The predicted octanol–water partition coefficient (Wildman–Crippen LogP) is 5.09. The highest BCUT2D eigenvalue weighted by Gasteiger charge is 2.70. The molecular formula is C24H23F3N2O3. The molecule has 1 aromatic heterocycles. The van der Waals surface area contributed by atoms with E-state index in [9.17, 15) is 18.0 Å². The van der Waals surface area contributed by atoms with Gasteiger partial charge in [-0.3, -0.25) is 14.8 Å². The first-order valence-corrected chi connectivity index (χ1v) is 10.2. The molecule has 2 aromatic carbocycles. The van der Waals surface area contributed by atoms with Crippen molar-refractivity contribution >= 4 is 33.5 Å². The maximum absolute atomic E-state index is 14.9. The molecular weight excluding hydrogens is 421 g/mol. The van der Waals surface area contributed by atoms with Crippen LogP contribution in [0.4, 0.5) is 13.2 Å². The third-order valence-corrected chi connectivity index (χ3v) is 5.75. The number of aliphatic imine (C=N–C) groups is 1.